The monoisotopic (exact) mass is 724 g/mol. The summed E-state index contributed by atoms with van der Waals surface area (Å²) in [4.78, 5) is 0. The van der Waals surface area contributed by atoms with Crippen LogP contribution in [0.2, 0.25) is 0 Å². The molecule has 12 N–H and O–H groups in total. The maximum absolute atomic E-state index is 12.0. The summed E-state index contributed by atoms with van der Waals surface area (Å²) in [6.45, 7) is -0.738. The maximum Gasteiger partial charge on any atom is 0.187 e. The van der Waals surface area contributed by atoms with Gasteiger partial charge < -0.3 is 80.2 Å². The van der Waals surface area contributed by atoms with Crippen LogP contribution in [0, 0.1) is 0 Å². The highest BCUT2D eigenvalue weighted by Crippen LogP contribution is 2.57. The summed E-state index contributed by atoms with van der Waals surface area (Å²) in [5.74, 6) is -4.64. The Balaban J connectivity index is 1.38. The Hall–Kier alpha value is -5.20. The smallest absolute Gasteiger partial charge is 0.187 e. The molecule has 0 radical (unpaired) electrons. The molecule has 0 amide bonds. The summed E-state index contributed by atoms with van der Waals surface area (Å²) in [5.41, 5.74) is 0.384. The lowest BCUT2D eigenvalue weighted by Gasteiger charge is -2.44. The second kappa shape index (κ2) is 13.4. The van der Waals surface area contributed by atoms with Gasteiger partial charge in [0, 0.05) is 41.3 Å². The first kappa shape index (κ1) is 35.2. The average Bonchev–Trinajstić information content (AvgIpc) is 3.10. The molecule has 1 saturated heterocycles. The van der Waals surface area contributed by atoms with Gasteiger partial charge in [0.15, 0.2) is 30.0 Å². The number of phenols is 7. The van der Waals surface area contributed by atoms with E-state index < -0.39 is 96.4 Å². The molecule has 3 heterocycles. The molecule has 0 unspecified atom stereocenters. The number of fused-ring (bicyclic) bond motifs is 2. The minimum atomic E-state index is -1.82. The van der Waals surface area contributed by atoms with Crippen molar-refractivity contribution >= 4 is 0 Å². The second-order valence-corrected chi connectivity index (χ2v) is 13.0. The number of aliphatic hydroxyl groups is 5. The minimum Gasteiger partial charge on any atom is -0.508 e. The Labute approximate surface area is 294 Å². The molecule has 0 bridgehead atoms. The SMILES string of the molecule is OC[C@H]1O[C@@H](O[C@@H]2Cc3c(O)cc(O)c([C@H]4c5c(O)cc(O)cc5O[C@H](c5ccc(O)cc5)[C@@H]4O)c3O[C@@H]2c2ccc(O)c(O)c2)[C@H](O)[C@H](O)[C@@H]1O. The minimum absolute atomic E-state index is 0.0151. The molecule has 0 aliphatic carbocycles. The standard InChI is InChI=1S/C36H36O16/c37-12-25-29(45)31(47)32(48)36(51-25)50-24-10-17-19(41)11-22(44)27(35(17)52-33(24)14-3-6-18(40)20(42)7-14)28-26-21(43)8-16(39)9-23(26)49-34(30(28)46)13-1-4-15(38)5-2-13/h1-9,11,24-25,28-34,36-48H,10,12H2/t24-,25-,28-,29-,30-,31-,32-,33-,34-,36-/m1/s1. The Morgan fingerprint density at radius 2 is 1.29 bits per heavy atom. The van der Waals surface area contributed by atoms with Crippen molar-refractivity contribution in [2.75, 3.05) is 6.61 Å². The van der Waals surface area contributed by atoms with Crippen molar-refractivity contribution in [2.45, 2.75) is 67.5 Å². The van der Waals surface area contributed by atoms with Crippen LogP contribution < -0.4 is 9.47 Å². The molecule has 4 aromatic rings. The van der Waals surface area contributed by atoms with Crippen molar-refractivity contribution in [3.63, 3.8) is 0 Å². The van der Waals surface area contributed by atoms with Crippen molar-refractivity contribution in [1.82, 2.24) is 0 Å². The fourth-order valence-corrected chi connectivity index (χ4v) is 7.11. The molecule has 16 nitrogen and oxygen atoms in total. The summed E-state index contributed by atoms with van der Waals surface area (Å²) in [5, 5.41) is 128. The van der Waals surface area contributed by atoms with E-state index in [1.165, 1.54) is 42.5 Å². The number of aromatic hydroxyl groups is 7. The van der Waals surface area contributed by atoms with E-state index in [2.05, 4.69) is 0 Å². The lowest BCUT2D eigenvalue weighted by Crippen LogP contribution is -2.60. The first-order valence-electron chi connectivity index (χ1n) is 16.2. The van der Waals surface area contributed by atoms with Crippen LogP contribution in [0.5, 0.6) is 51.7 Å². The van der Waals surface area contributed by atoms with Gasteiger partial charge in [-0.25, -0.2) is 0 Å². The van der Waals surface area contributed by atoms with E-state index in [-0.39, 0.29) is 51.7 Å². The first-order chi connectivity index (χ1) is 24.8. The summed E-state index contributed by atoms with van der Waals surface area (Å²) in [7, 11) is 0. The topological polar surface area (TPSA) is 280 Å². The molecule has 1 fully saturated rings. The Morgan fingerprint density at radius 1 is 0.596 bits per heavy atom. The van der Waals surface area contributed by atoms with Crippen molar-refractivity contribution < 1.29 is 80.2 Å². The highest BCUT2D eigenvalue weighted by molar-refractivity contribution is 5.65. The highest BCUT2D eigenvalue weighted by Gasteiger charge is 2.49. The van der Waals surface area contributed by atoms with Crippen LogP contribution in [0.1, 0.15) is 45.9 Å². The summed E-state index contributed by atoms with van der Waals surface area (Å²) < 4.78 is 24.2. The van der Waals surface area contributed by atoms with Gasteiger partial charge in [0.1, 0.15) is 76.9 Å². The Kier molecular flexibility index (Phi) is 9.08. The van der Waals surface area contributed by atoms with Gasteiger partial charge in [-0.2, -0.15) is 0 Å². The first-order valence-corrected chi connectivity index (χ1v) is 16.2. The maximum atomic E-state index is 12.0. The predicted octanol–water partition coefficient (Wildman–Crippen LogP) is 1.11. The third-order valence-corrected chi connectivity index (χ3v) is 9.70. The summed E-state index contributed by atoms with van der Waals surface area (Å²) >= 11 is 0. The zero-order chi connectivity index (χ0) is 37.2. The van der Waals surface area contributed by atoms with Crippen molar-refractivity contribution in [2.24, 2.45) is 0 Å². The van der Waals surface area contributed by atoms with Gasteiger partial charge >= 0.3 is 0 Å². The van der Waals surface area contributed by atoms with Gasteiger partial charge in [-0.05, 0) is 35.4 Å². The molecule has 0 spiro atoms. The quantitative estimate of drug-likeness (QED) is 0.124. The van der Waals surface area contributed by atoms with Crippen LogP contribution in [-0.4, -0.2) is 111 Å². The molecule has 276 valence electrons. The average molecular weight is 725 g/mol. The van der Waals surface area contributed by atoms with Gasteiger partial charge in [0.05, 0.1) is 12.5 Å². The van der Waals surface area contributed by atoms with Crippen molar-refractivity contribution in [3.8, 4) is 51.7 Å². The second-order valence-electron chi connectivity index (χ2n) is 13.0. The number of phenolic OH excluding ortho intramolecular Hbond substituents is 7. The molecule has 0 saturated carbocycles. The molecule has 3 aliphatic rings. The summed E-state index contributed by atoms with van der Waals surface area (Å²) in [6.07, 6.45) is -13.9. The molecule has 3 aliphatic heterocycles. The largest absolute Gasteiger partial charge is 0.508 e. The van der Waals surface area contributed by atoms with Gasteiger partial charge in [0.2, 0.25) is 0 Å². The predicted molar refractivity (Wildman–Crippen MR) is 174 cm³/mol. The van der Waals surface area contributed by atoms with Crippen molar-refractivity contribution in [1.29, 1.82) is 0 Å². The van der Waals surface area contributed by atoms with Crippen LogP contribution in [-0.2, 0) is 15.9 Å². The van der Waals surface area contributed by atoms with E-state index in [1.807, 2.05) is 0 Å². The molecular weight excluding hydrogens is 688 g/mol. The number of hydrogen-bond donors (Lipinski definition) is 12. The lowest BCUT2D eigenvalue weighted by atomic mass is 9.77. The lowest BCUT2D eigenvalue weighted by molar-refractivity contribution is -0.317. The number of ether oxygens (including phenoxy) is 4. The van der Waals surface area contributed by atoms with Gasteiger partial charge in [-0.3, -0.25) is 0 Å². The zero-order valence-corrected chi connectivity index (χ0v) is 27.0. The zero-order valence-electron chi connectivity index (χ0n) is 27.0. The third kappa shape index (κ3) is 5.99. The molecule has 0 aromatic heterocycles. The molecule has 10 atom stereocenters. The molecule has 16 heteroatoms. The van der Waals surface area contributed by atoms with E-state index in [0.29, 0.717) is 5.56 Å². The summed E-state index contributed by atoms with van der Waals surface area (Å²) in [6, 6.07) is 12.6. The van der Waals surface area contributed by atoms with Crippen LogP contribution in [0.3, 0.4) is 0 Å². The van der Waals surface area contributed by atoms with Gasteiger partial charge in [-0.1, -0.05) is 18.2 Å². The van der Waals surface area contributed by atoms with E-state index >= 15 is 0 Å². The fraction of sp³-hybridized carbons (Fsp3) is 0.333. The van der Waals surface area contributed by atoms with Gasteiger partial charge in [0.25, 0.3) is 0 Å². The van der Waals surface area contributed by atoms with Crippen LogP contribution in [0.25, 0.3) is 0 Å². The Morgan fingerprint density at radius 3 is 1.98 bits per heavy atom. The Bertz CT molecular complexity index is 1970. The third-order valence-electron chi connectivity index (χ3n) is 9.70. The number of rotatable bonds is 6. The molecule has 7 rings (SSSR count). The van der Waals surface area contributed by atoms with Gasteiger partial charge in [-0.15, -0.1) is 0 Å². The molecular formula is C36H36O16. The van der Waals surface area contributed by atoms with Crippen LogP contribution >= 0.6 is 0 Å². The van der Waals surface area contributed by atoms with E-state index in [9.17, 15) is 61.3 Å². The number of benzene rings is 4. The van der Waals surface area contributed by atoms with Crippen LogP contribution in [0.4, 0.5) is 0 Å². The number of hydrogen-bond acceptors (Lipinski definition) is 16. The van der Waals surface area contributed by atoms with E-state index in [4.69, 9.17) is 18.9 Å². The normalized spacial score (nSPS) is 29.7. The van der Waals surface area contributed by atoms with Crippen LogP contribution in [0.15, 0.2) is 60.7 Å². The molecule has 52 heavy (non-hydrogen) atoms. The highest BCUT2D eigenvalue weighted by atomic mass is 16.7. The van der Waals surface area contributed by atoms with Crippen molar-refractivity contribution in [3.05, 3.63) is 88.5 Å². The van der Waals surface area contributed by atoms with E-state index in [0.717, 1.165) is 18.2 Å². The van der Waals surface area contributed by atoms with E-state index in [1.54, 1.807) is 0 Å². The molecule has 4 aromatic carbocycles. The fourth-order valence-electron chi connectivity index (χ4n) is 7.11. The number of aliphatic hydroxyl groups excluding tert-OH is 5.